The first-order chi connectivity index (χ1) is 12.6. The van der Waals surface area contributed by atoms with E-state index in [2.05, 4.69) is 10.6 Å². The Kier molecular flexibility index (Phi) is 6.39. The molecule has 27 heavy (non-hydrogen) atoms. The Labute approximate surface area is 157 Å². The van der Waals surface area contributed by atoms with Gasteiger partial charge in [-0.2, -0.15) is 0 Å². The predicted octanol–water partition coefficient (Wildman–Crippen LogP) is 4.47. The van der Waals surface area contributed by atoms with Crippen LogP contribution in [0.3, 0.4) is 0 Å². The van der Waals surface area contributed by atoms with Crippen LogP contribution in [0.15, 0.2) is 48.5 Å². The molecule has 0 saturated carbocycles. The predicted molar refractivity (Wildman–Crippen MR) is 100 cm³/mol. The largest absolute Gasteiger partial charge is 0.457 e. The fourth-order valence-electron chi connectivity index (χ4n) is 2.07. The van der Waals surface area contributed by atoms with Gasteiger partial charge in [0.25, 0.3) is 0 Å². The van der Waals surface area contributed by atoms with Crippen molar-refractivity contribution in [2.45, 2.75) is 39.3 Å². The van der Waals surface area contributed by atoms with Gasteiger partial charge in [0, 0.05) is 11.8 Å². The average molecular weight is 374 g/mol. The molecule has 0 aliphatic carbocycles. The highest BCUT2D eigenvalue weighted by molar-refractivity contribution is 5.96. The minimum Gasteiger partial charge on any atom is -0.457 e. The summed E-state index contributed by atoms with van der Waals surface area (Å²) in [4.78, 5) is 23.9. The maximum atomic E-state index is 13.2. The maximum absolute atomic E-state index is 13.2. The van der Waals surface area contributed by atoms with Crippen LogP contribution in [-0.4, -0.2) is 23.6 Å². The van der Waals surface area contributed by atoms with E-state index >= 15 is 0 Å². The topological polar surface area (TPSA) is 76.7 Å². The lowest BCUT2D eigenvalue weighted by atomic mass is 10.2. The van der Waals surface area contributed by atoms with Gasteiger partial charge in [-0.3, -0.25) is 4.79 Å². The van der Waals surface area contributed by atoms with Gasteiger partial charge in [-0.1, -0.05) is 6.07 Å². The average Bonchev–Trinajstić information content (AvgIpc) is 2.54. The van der Waals surface area contributed by atoms with Crippen molar-refractivity contribution < 1.29 is 23.5 Å². The van der Waals surface area contributed by atoms with Crippen LogP contribution in [0.25, 0.3) is 0 Å². The standard InChI is InChI=1S/C20H23FN2O4/c1-13(22-19(25)27-20(2,3)4)18(24)23-15-8-10-16(11-9-15)26-17-7-5-6-14(21)12-17/h5-13H,1-4H3,(H,22,25)(H,23,24). The van der Waals surface area contributed by atoms with Gasteiger partial charge in [-0.25, -0.2) is 9.18 Å². The molecule has 2 aromatic carbocycles. The van der Waals surface area contributed by atoms with Crippen LogP contribution in [-0.2, 0) is 9.53 Å². The molecule has 0 aromatic heterocycles. The van der Waals surface area contributed by atoms with E-state index in [1.165, 1.54) is 12.1 Å². The molecule has 1 unspecified atom stereocenters. The molecular formula is C20H23FN2O4. The molecule has 1 atom stereocenters. The quantitative estimate of drug-likeness (QED) is 0.810. The first-order valence-electron chi connectivity index (χ1n) is 8.46. The third kappa shape index (κ3) is 6.97. The molecule has 0 spiro atoms. The number of hydrogen-bond donors (Lipinski definition) is 2. The van der Waals surface area contributed by atoms with Crippen molar-refractivity contribution >= 4 is 17.7 Å². The summed E-state index contributed by atoms with van der Waals surface area (Å²) in [6, 6.07) is 11.6. The maximum Gasteiger partial charge on any atom is 0.408 e. The van der Waals surface area contributed by atoms with E-state index < -0.39 is 17.7 Å². The summed E-state index contributed by atoms with van der Waals surface area (Å²) >= 11 is 0. The van der Waals surface area contributed by atoms with Gasteiger partial charge in [0.15, 0.2) is 0 Å². The zero-order valence-corrected chi connectivity index (χ0v) is 15.7. The summed E-state index contributed by atoms with van der Waals surface area (Å²) in [5.74, 6) is 0.100. The van der Waals surface area contributed by atoms with Crippen LogP contribution in [0.1, 0.15) is 27.7 Å². The van der Waals surface area contributed by atoms with Crippen LogP contribution in [0.4, 0.5) is 14.9 Å². The van der Waals surface area contributed by atoms with Gasteiger partial charge >= 0.3 is 6.09 Å². The van der Waals surface area contributed by atoms with E-state index in [1.54, 1.807) is 64.1 Å². The van der Waals surface area contributed by atoms with Crippen LogP contribution < -0.4 is 15.4 Å². The van der Waals surface area contributed by atoms with Crippen molar-refractivity contribution in [2.24, 2.45) is 0 Å². The van der Waals surface area contributed by atoms with Crippen molar-refractivity contribution in [3.63, 3.8) is 0 Å². The van der Waals surface area contributed by atoms with Crippen LogP contribution in [0, 0.1) is 5.82 Å². The number of alkyl carbamates (subject to hydrolysis) is 1. The molecule has 0 saturated heterocycles. The Balaban J connectivity index is 1.89. The Morgan fingerprint density at radius 2 is 1.70 bits per heavy atom. The van der Waals surface area contributed by atoms with Gasteiger partial charge in [0.1, 0.15) is 29.0 Å². The van der Waals surface area contributed by atoms with Crippen LogP contribution in [0.2, 0.25) is 0 Å². The molecule has 2 rings (SSSR count). The molecule has 144 valence electrons. The minimum atomic E-state index is -0.775. The number of rotatable bonds is 5. The number of amides is 2. The molecule has 6 nitrogen and oxygen atoms in total. The zero-order valence-electron chi connectivity index (χ0n) is 15.7. The lowest BCUT2D eigenvalue weighted by Gasteiger charge is -2.21. The Bertz CT molecular complexity index is 800. The van der Waals surface area contributed by atoms with E-state index in [4.69, 9.17) is 9.47 Å². The molecule has 2 N–H and O–H groups in total. The fraction of sp³-hybridized carbons (Fsp3) is 0.300. The molecule has 2 aromatic rings. The lowest BCUT2D eigenvalue weighted by Crippen LogP contribution is -2.43. The number of halogens is 1. The molecule has 7 heteroatoms. The summed E-state index contributed by atoms with van der Waals surface area (Å²) in [6.07, 6.45) is -0.663. The molecule has 0 fully saturated rings. The summed E-state index contributed by atoms with van der Waals surface area (Å²) in [6.45, 7) is 6.78. The zero-order chi connectivity index (χ0) is 20.0. The van der Waals surface area contributed by atoms with E-state index in [0.717, 1.165) is 0 Å². The van der Waals surface area contributed by atoms with Gasteiger partial charge < -0.3 is 20.1 Å². The first kappa shape index (κ1) is 20.2. The highest BCUT2D eigenvalue weighted by atomic mass is 19.1. The smallest absolute Gasteiger partial charge is 0.408 e. The van der Waals surface area contributed by atoms with Crippen molar-refractivity contribution in [1.29, 1.82) is 0 Å². The molecule has 0 aliphatic heterocycles. The highest BCUT2D eigenvalue weighted by Crippen LogP contribution is 2.23. The Morgan fingerprint density at radius 3 is 2.30 bits per heavy atom. The Morgan fingerprint density at radius 1 is 1.04 bits per heavy atom. The first-order valence-corrected chi connectivity index (χ1v) is 8.46. The van der Waals surface area contributed by atoms with Crippen LogP contribution >= 0.6 is 0 Å². The lowest BCUT2D eigenvalue weighted by molar-refractivity contribution is -0.117. The SMILES string of the molecule is CC(NC(=O)OC(C)(C)C)C(=O)Nc1ccc(Oc2cccc(F)c2)cc1. The van der Waals surface area contributed by atoms with E-state index in [0.29, 0.717) is 17.2 Å². The summed E-state index contributed by atoms with van der Waals surface area (Å²) in [5, 5.41) is 5.16. The number of carbonyl (C=O) groups is 2. The number of carbonyl (C=O) groups excluding carboxylic acids is 2. The number of hydrogen-bond acceptors (Lipinski definition) is 4. The third-order valence-corrected chi connectivity index (χ3v) is 3.28. The van der Waals surface area contributed by atoms with E-state index in [-0.39, 0.29) is 11.7 Å². The van der Waals surface area contributed by atoms with Gasteiger partial charge in [0.2, 0.25) is 5.91 Å². The molecule has 0 bridgehead atoms. The number of benzene rings is 2. The third-order valence-electron chi connectivity index (χ3n) is 3.28. The second-order valence-electron chi connectivity index (χ2n) is 6.94. The minimum absolute atomic E-state index is 0.377. The fourth-order valence-corrected chi connectivity index (χ4v) is 2.07. The Hall–Kier alpha value is -3.09. The number of nitrogens with one attached hydrogen (secondary N) is 2. The van der Waals surface area contributed by atoms with Gasteiger partial charge in [-0.15, -0.1) is 0 Å². The van der Waals surface area contributed by atoms with Gasteiger partial charge in [-0.05, 0) is 64.1 Å². The van der Waals surface area contributed by atoms with Crippen molar-refractivity contribution in [3.05, 3.63) is 54.3 Å². The van der Waals surface area contributed by atoms with Crippen molar-refractivity contribution in [2.75, 3.05) is 5.32 Å². The molecule has 0 heterocycles. The monoisotopic (exact) mass is 374 g/mol. The normalized spacial score (nSPS) is 12.0. The summed E-state index contributed by atoms with van der Waals surface area (Å²) < 4.78 is 23.8. The number of anilines is 1. The van der Waals surface area contributed by atoms with Gasteiger partial charge in [0.05, 0.1) is 0 Å². The summed E-state index contributed by atoms with van der Waals surface area (Å²) in [7, 11) is 0. The van der Waals surface area contributed by atoms with E-state index in [9.17, 15) is 14.0 Å². The van der Waals surface area contributed by atoms with E-state index in [1.807, 2.05) is 0 Å². The molecule has 0 radical (unpaired) electrons. The van der Waals surface area contributed by atoms with Crippen molar-refractivity contribution in [1.82, 2.24) is 5.32 Å². The number of ether oxygens (including phenoxy) is 2. The molecule has 2 amide bonds. The highest BCUT2D eigenvalue weighted by Gasteiger charge is 2.21. The second kappa shape index (κ2) is 8.53. The summed E-state index contributed by atoms with van der Waals surface area (Å²) in [5.41, 5.74) is -0.109. The van der Waals surface area contributed by atoms with Crippen LogP contribution in [0.5, 0.6) is 11.5 Å². The van der Waals surface area contributed by atoms with Crippen molar-refractivity contribution in [3.8, 4) is 11.5 Å². The molecular weight excluding hydrogens is 351 g/mol. The second-order valence-corrected chi connectivity index (χ2v) is 6.94. The molecule has 0 aliphatic rings.